The summed E-state index contributed by atoms with van der Waals surface area (Å²) in [5.74, 6) is 0.00236. The molecule has 6 heteroatoms. The van der Waals surface area contributed by atoms with Crippen molar-refractivity contribution in [3.8, 4) is 0 Å². The Kier molecular flexibility index (Phi) is 5.89. The minimum absolute atomic E-state index is 0.0188. The van der Waals surface area contributed by atoms with Crippen molar-refractivity contribution in [3.63, 3.8) is 0 Å². The Morgan fingerprint density at radius 1 is 1.09 bits per heavy atom. The number of nitrogens with one attached hydrogen (secondary N) is 2. The van der Waals surface area contributed by atoms with E-state index in [0.717, 1.165) is 35.2 Å². The predicted octanol–water partition coefficient (Wildman–Crippen LogP) is 4.16. The van der Waals surface area contributed by atoms with Gasteiger partial charge in [0.2, 0.25) is 11.8 Å². The number of thiazole rings is 1. The van der Waals surface area contributed by atoms with Gasteiger partial charge in [-0.3, -0.25) is 9.59 Å². The first-order valence-corrected chi connectivity index (χ1v) is 8.44. The molecule has 22 heavy (non-hydrogen) atoms. The van der Waals surface area contributed by atoms with Crippen LogP contribution in [0.1, 0.15) is 46.0 Å². The van der Waals surface area contributed by atoms with Crippen LogP contribution in [0, 0.1) is 0 Å². The molecule has 0 spiro atoms. The molecule has 1 aromatic carbocycles. The van der Waals surface area contributed by atoms with Crippen LogP contribution < -0.4 is 10.6 Å². The number of fused-ring (bicyclic) bond motifs is 1. The molecule has 2 N–H and O–H groups in total. The van der Waals surface area contributed by atoms with Gasteiger partial charge in [0.15, 0.2) is 5.13 Å². The lowest BCUT2D eigenvalue weighted by molar-refractivity contribution is -0.117. The molecule has 5 nitrogen and oxygen atoms in total. The highest BCUT2D eigenvalue weighted by molar-refractivity contribution is 7.22. The van der Waals surface area contributed by atoms with Crippen LogP contribution in [0.2, 0.25) is 0 Å². The van der Waals surface area contributed by atoms with Crippen LogP contribution in [-0.4, -0.2) is 16.8 Å². The van der Waals surface area contributed by atoms with Gasteiger partial charge in [-0.1, -0.05) is 31.6 Å². The van der Waals surface area contributed by atoms with Gasteiger partial charge in [-0.25, -0.2) is 4.98 Å². The van der Waals surface area contributed by atoms with Crippen molar-refractivity contribution >= 4 is 44.2 Å². The largest absolute Gasteiger partial charge is 0.326 e. The third-order valence-electron chi connectivity index (χ3n) is 3.15. The van der Waals surface area contributed by atoms with Crippen molar-refractivity contribution < 1.29 is 9.59 Å². The van der Waals surface area contributed by atoms with Crippen molar-refractivity contribution in [1.29, 1.82) is 0 Å². The Morgan fingerprint density at radius 3 is 2.59 bits per heavy atom. The molecule has 0 aliphatic rings. The molecule has 1 heterocycles. The molecule has 0 radical (unpaired) electrons. The number of anilines is 2. The summed E-state index contributed by atoms with van der Waals surface area (Å²) in [4.78, 5) is 27.7. The molecule has 2 rings (SSSR count). The van der Waals surface area contributed by atoms with Crippen LogP contribution in [0.5, 0.6) is 0 Å². The smallest absolute Gasteiger partial charge is 0.226 e. The van der Waals surface area contributed by atoms with Gasteiger partial charge >= 0.3 is 0 Å². The van der Waals surface area contributed by atoms with Crippen molar-refractivity contribution in [2.75, 3.05) is 10.6 Å². The van der Waals surface area contributed by atoms with E-state index in [-0.39, 0.29) is 11.8 Å². The van der Waals surface area contributed by atoms with E-state index in [2.05, 4.69) is 22.5 Å². The zero-order valence-corrected chi connectivity index (χ0v) is 13.8. The van der Waals surface area contributed by atoms with E-state index >= 15 is 0 Å². The summed E-state index contributed by atoms with van der Waals surface area (Å²) in [7, 11) is 0. The SMILES string of the molecule is CCCCC(=O)Nc1ccc2sc(NC(=O)CCC)nc2c1. The minimum Gasteiger partial charge on any atom is -0.326 e. The Balaban J connectivity index is 2.07. The topological polar surface area (TPSA) is 71.1 Å². The molecule has 118 valence electrons. The molecule has 0 saturated heterocycles. The lowest BCUT2D eigenvalue weighted by Gasteiger charge is -2.04. The maximum Gasteiger partial charge on any atom is 0.226 e. The summed E-state index contributed by atoms with van der Waals surface area (Å²) in [5.41, 5.74) is 1.52. The summed E-state index contributed by atoms with van der Waals surface area (Å²) in [6.45, 7) is 4.02. The molecular formula is C16H21N3O2S. The fraction of sp³-hybridized carbons (Fsp3) is 0.438. The van der Waals surface area contributed by atoms with E-state index in [9.17, 15) is 9.59 Å². The summed E-state index contributed by atoms with van der Waals surface area (Å²) in [6, 6.07) is 5.62. The zero-order chi connectivity index (χ0) is 15.9. The van der Waals surface area contributed by atoms with E-state index in [0.29, 0.717) is 18.0 Å². The number of amides is 2. The second-order valence-corrected chi connectivity index (χ2v) is 6.18. The van der Waals surface area contributed by atoms with Crippen LogP contribution in [0.3, 0.4) is 0 Å². The summed E-state index contributed by atoms with van der Waals surface area (Å²) < 4.78 is 0.985. The quantitative estimate of drug-likeness (QED) is 0.805. The van der Waals surface area contributed by atoms with Gasteiger partial charge in [0.25, 0.3) is 0 Å². The number of rotatable bonds is 7. The third-order valence-corrected chi connectivity index (χ3v) is 4.10. The molecule has 0 aliphatic heterocycles. The molecule has 0 atom stereocenters. The maximum absolute atomic E-state index is 11.7. The van der Waals surface area contributed by atoms with E-state index < -0.39 is 0 Å². The Morgan fingerprint density at radius 2 is 1.86 bits per heavy atom. The van der Waals surface area contributed by atoms with Crippen LogP contribution in [0.4, 0.5) is 10.8 Å². The van der Waals surface area contributed by atoms with Gasteiger partial charge in [-0.2, -0.15) is 0 Å². The molecule has 0 saturated carbocycles. The van der Waals surface area contributed by atoms with E-state index in [4.69, 9.17) is 0 Å². The molecule has 0 unspecified atom stereocenters. The number of benzene rings is 1. The molecular weight excluding hydrogens is 298 g/mol. The van der Waals surface area contributed by atoms with Gasteiger partial charge in [0, 0.05) is 18.5 Å². The number of hydrogen-bond acceptors (Lipinski definition) is 4. The highest BCUT2D eigenvalue weighted by atomic mass is 32.1. The highest BCUT2D eigenvalue weighted by Crippen LogP contribution is 2.28. The predicted molar refractivity (Wildman–Crippen MR) is 91.3 cm³/mol. The minimum atomic E-state index is -0.0188. The van der Waals surface area contributed by atoms with Crippen LogP contribution in [-0.2, 0) is 9.59 Å². The van der Waals surface area contributed by atoms with Crippen LogP contribution in [0.15, 0.2) is 18.2 Å². The first-order chi connectivity index (χ1) is 10.6. The Labute approximate surface area is 134 Å². The second-order valence-electron chi connectivity index (χ2n) is 5.15. The standard InChI is InChI=1S/C16H21N3O2S/c1-3-5-7-15(21)17-11-8-9-13-12(10-11)18-16(22-13)19-14(20)6-4-2/h8-10H,3-7H2,1-2H3,(H,17,21)(H,18,19,20). The van der Waals surface area contributed by atoms with Gasteiger partial charge in [-0.15, -0.1) is 0 Å². The van der Waals surface area contributed by atoms with Crippen molar-refractivity contribution in [3.05, 3.63) is 18.2 Å². The second kappa shape index (κ2) is 7.89. The normalized spacial score (nSPS) is 10.6. The van der Waals surface area contributed by atoms with E-state index in [1.807, 2.05) is 25.1 Å². The summed E-state index contributed by atoms with van der Waals surface area (Å²) in [6.07, 6.45) is 3.72. The highest BCUT2D eigenvalue weighted by Gasteiger charge is 2.09. The number of nitrogens with zero attached hydrogens (tertiary/aromatic N) is 1. The Hall–Kier alpha value is -1.95. The fourth-order valence-electron chi connectivity index (χ4n) is 2.03. The molecule has 2 amide bonds. The molecule has 0 aliphatic carbocycles. The lowest BCUT2D eigenvalue weighted by atomic mass is 10.2. The number of aromatic nitrogens is 1. The van der Waals surface area contributed by atoms with E-state index in [1.165, 1.54) is 11.3 Å². The monoisotopic (exact) mass is 319 g/mol. The van der Waals surface area contributed by atoms with Crippen molar-refractivity contribution in [1.82, 2.24) is 4.98 Å². The molecule has 2 aromatic rings. The van der Waals surface area contributed by atoms with E-state index in [1.54, 1.807) is 0 Å². The average molecular weight is 319 g/mol. The number of carbonyl (C=O) groups is 2. The van der Waals surface area contributed by atoms with Crippen molar-refractivity contribution in [2.45, 2.75) is 46.0 Å². The number of carbonyl (C=O) groups excluding carboxylic acids is 2. The number of unbranched alkanes of at least 4 members (excludes halogenated alkanes) is 1. The zero-order valence-electron chi connectivity index (χ0n) is 12.9. The van der Waals surface area contributed by atoms with Crippen molar-refractivity contribution in [2.24, 2.45) is 0 Å². The first-order valence-electron chi connectivity index (χ1n) is 7.62. The lowest BCUT2D eigenvalue weighted by Crippen LogP contribution is -2.10. The van der Waals surface area contributed by atoms with Gasteiger partial charge in [0.1, 0.15) is 0 Å². The van der Waals surface area contributed by atoms with Gasteiger partial charge < -0.3 is 10.6 Å². The maximum atomic E-state index is 11.7. The Bertz CT molecular complexity index is 666. The number of hydrogen-bond donors (Lipinski definition) is 2. The van der Waals surface area contributed by atoms with Gasteiger partial charge in [0.05, 0.1) is 10.2 Å². The summed E-state index contributed by atoms with van der Waals surface area (Å²) in [5, 5.41) is 6.28. The molecule has 0 fully saturated rings. The first kappa shape index (κ1) is 16.4. The van der Waals surface area contributed by atoms with Crippen LogP contribution >= 0.6 is 11.3 Å². The molecule has 0 bridgehead atoms. The average Bonchev–Trinajstić information content (AvgIpc) is 2.86. The van der Waals surface area contributed by atoms with Crippen LogP contribution in [0.25, 0.3) is 10.2 Å². The third kappa shape index (κ3) is 4.53. The summed E-state index contributed by atoms with van der Waals surface area (Å²) >= 11 is 1.44. The van der Waals surface area contributed by atoms with Gasteiger partial charge in [-0.05, 0) is 31.0 Å². The molecule has 1 aromatic heterocycles. The fourth-order valence-corrected chi connectivity index (χ4v) is 2.89.